The van der Waals surface area contributed by atoms with Crippen LogP contribution in [0.15, 0.2) is 23.1 Å². The molecule has 1 aromatic rings. The molecule has 1 rings (SSSR count). The largest absolute Gasteiger partial charge is 0.508 e. The maximum Gasteiger partial charge on any atom is 0.242 e. The SMILES string of the molecule is Cc1cc(O)ccc1S(=O)(=O)N(C)C. The molecule has 0 radical (unpaired) electrons. The van der Waals surface area contributed by atoms with Gasteiger partial charge in [0.1, 0.15) is 5.75 Å². The van der Waals surface area contributed by atoms with Crippen LogP contribution in [-0.4, -0.2) is 31.9 Å². The zero-order valence-electron chi connectivity index (χ0n) is 8.35. The number of aromatic hydroxyl groups is 1. The second-order valence-corrected chi connectivity index (χ2v) is 5.36. The second-order valence-electron chi connectivity index (χ2n) is 3.24. The van der Waals surface area contributed by atoms with Crippen LogP contribution in [0, 0.1) is 6.92 Å². The van der Waals surface area contributed by atoms with Crippen molar-refractivity contribution in [3.8, 4) is 5.75 Å². The van der Waals surface area contributed by atoms with E-state index in [9.17, 15) is 8.42 Å². The molecule has 0 amide bonds. The average molecular weight is 215 g/mol. The van der Waals surface area contributed by atoms with Crippen molar-refractivity contribution in [2.75, 3.05) is 14.1 Å². The third-order valence-corrected chi connectivity index (χ3v) is 3.89. The van der Waals surface area contributed by atoms with Gasteiger partial charge in [0, 0.05) is 14.1 Å². The molecule has 0 aromatic heterocycles. The first kappa shape index (κ1) is 11.0. The van der Waals surface area contributed by atoms with Crippen molar-refractivity contribution in [3.05, 3.63) is 23.8 Å². The number of nitrogens with zero attached hydrogens (tertiary/aromatic N) is 1. The Bertz CT molecular complexity index is 437. The number of benzene rings is 1. The van der Waals surface area contributed by atoms with E-state index in [4.69, 9.17) is 5.11 Å². The number of phenolic OH excluding ortho intramolecular Hbond substituents is 1. The molecule has 0 fully saturated rings. The minimum Gasteiger partial charge on any atom is -0.508 e. The van der Waals surface area contributed by atoms with Gasteiger partial charge < -0.3 is 5.11 Å². The molecule has 0 heterocycles. The topological polar surface area (TPSA) is 57.6 Å². The summed E-state index contributed by atoms with van der Waals surface area (Å²) in [5, 5.41) is 9.13. The number of phenols is 1. The van der Waals surface area contributed by atoms with Gasteiger partial charge in [0.25, 0.3) is 0 Å². The van der Waals surface area contributed by atoms with Crippen LogP contribution < -0.4 is 0 Å². The maximum atomic E-state index is 11.7. The van der Waals surface area contributed by atoms with Crippen molar-refractivity contribution >= 4 is 10.0 Å². The lowest BCUT2D eigenvalue weighted by Gasteiger charge is -2.13. The molecule has 0 unspecified atom stereocenters. The van der Waals surface area contributed by atoms with Crippen LogP contribution in [0.1, 0.15) is 5.56 Å². The first-order valence-electron chi connectivity index (χ1n) is 4.08. The lowest BCUT2D eigenvalue weighted by atomic mass is 10.2. The number of hydrogen-bond acceptors (Lipinski definition) is 3. The van der Waals surface area contributed by atoms with Crippen LogP contribution in [0.4, 0.5) is 0 Å². The van der Waals surface area contributed by atoms with Gasteiger partial charge in [0.05, 0.1) is 4.90 Å². The van der Waals surface area contributed by atoms with E-state index in [1.807, 2.05) is 0 Å². The lowest BCUT2D eigenvalue weighted by molar-refractivity contribution is 0.473. The molecule has 1 aromatic carbocycles. The molecule has 4 nitrogen and oxygen atoms in total. The molecule has 78 valence electrons. The fraction of sp³-hybridized carbons (Fsp3) is 0.333. The Morgan fingerprint density at radius 3 is 2.29 bits per heavy atom. The highest BCUT2D eigenvalue weighted by molar-refractivity contribution is 7.89. The Balaban J connectivity index is 3.35. The minimum atomic E-state index is -3.40. The molecule has 0 saturated carbocycles. The summed E-state index contributed by atoms with van der Waals surface area (Å²) in [6.07, 6.45) is 0. The summed E-state index contributed by atoms with van der Waals surface area (Å²) in [5.41, 5.74) is 0.540. The Morgan fingerprint density at radius 1 is 1.29 bits per heavy atom. The normalized spacial score (nSPS) is 12.0. The van der Waals surface area contributed by atoms with Gasteiger partial charge in [0.15, 0.2) is 0 Å². The molecule has 0 saturated heterocycles. The fourth-order valence-corrected chi connectivity index (χ4v) is 2.22. The molecule has 5 heteroatoms. The van der Waals surface area contributed by atoms with Crippen LogP contribution in [0.2, 0.25) is 0 Å². The summed E-state index contributed by atoms with van der Waals surface area (Å²) in [6, 6.07) is 4.19. The van der Waals surface area contributed by atoms with Crippen LogP contribution >= 0.6 is 0 Å². The van der Waals surface area contributed by atoms with Gasteiger partial charge >= 0.3 is 0 Å². The van der Waals surface area contributed by atoms with E-state index in [1.165, 1.54) is 32.3 Å². The van der Waals surface area contributed by atoms with Crippen molar-refractivity contribution < 1.29 is 13.5 Å². The van der Waals surface area contributed by atoms with E-state index in [1.54, 1.807) is 6.92 Å². The van der Waals surface area contributed by atoms with Gasteiger partial charge in [0.2, 0.25) is 10.0 Å². The summed E-state index contributed by atoms with van der Waals surface area (Å²) in [7, 11) is -0.454. The van der Waals surface area contributed by atoms with Gasteiger partial charge in [-0.1, -0.05) is 0 Å². The van der Waals surface area contributed by atoms with E-state index < -0.39 is 10.0 Å². The zero-order chi connectivity index (χ0) is 10.9. The van der Waals surface area contributed by atoms with Gasteiger partial charge in [-0.05, 0) is 30.7 Å². The van der Waals surface area contributed by atoms with Gasteiger partial charge in [-0.25, -0.2) is 12.7 Å². The number of sulfonamides is 1. The average Bonchev–Trinajstić information content (AvgIpc) is 2.02. The van der Waals surface area contributed by atoms with E-state index in [-0.39, 0.29) is 10.6 Å². The van der Waals surface area contributed by atoms with Crippen molar-refractivity contribution in [1.82, 2.24) is 4.31 Å². The van der Waals surface area contributed by atoms with Crippen LogP contribution in [0.3, 0.4) is 0 Å². The predicted molar refractivity (Wildman–Crippen MR) is 53.7 cm³/mol. The van der Waals surface area contributed by atoms with Gasteiger partial charge in [-0.3, -0.25) is 0 Å². The molecule has 0 aliphatic rings. The highest BCUT2D eigenvalue weighted by Gasteiger charge is 2.19. The second kappa shape index (κ2) is 3.59. The number of aryl methyl sites for hydroxylation is 1. The summed E-state index contributed by atoms with van der Waals surface area (Å²) < 4.78 is 24.6. The Morgan fingerprint density at radius 2 is 1.86 bits per heavy atom. The van der Waals surface area contributed by atoms with E-state index in [0.717, 1.165) is 4.31 Å². The molecule has 0 aliphatic heterocycles. The van der Waals surface area contributed by atoms with Crippen molar-refractivity contribution in [2.24, 2.45) is 0 Å². The Hall–Kier alpha value is -1.07. The van der Waals surface area contributed by atoms with Crippen LogP contribution in [0.5, 0.6) is 5.75 Å². The third-order valence-electron chi connectivity index (χ3n) is 1.92. The Labute approximate surface area is 83.8 Å². The zero-order valence-corrected chi connectivity index (χ0v) is 9.17. The van der Waals surface area contributed by atoms with Crippen molar-refractivity contribution in [2.45, 2.75) is 11.8 Å². The van der Waals surface area contributed by atoms with E-state index in [2.05, 4.69) is 0 Å². The molecule has 0 atom stereocenters. The lowest BCUT2D eigenvalue weighted by Crippen LogP contribution is -2.22. The highest BCUT2D eigenvalue weighted by Crippen LogP contribution is 2.21. The monoisotopic (exact) mass is 215 g/mol. The quantitative estimate of drug-likeness (QED) is 0.799. The summed E-state index contributed by atoms with van der Waals surface area (Å²) >= 11 is 0. The minimum absolute atomic E-state index is 0.0696. The first-order valence-corrected chi connectivity index (χ1v) is 5.52. The highest BCUT2D eigenvalue weighted by atomic mass is 32.2. The van der Waals surface area contributed by atoms with Gasteiger partial charge in [-0.15, -0.1) is 0 Å². The molecular weight excluding hydrogens is 202 g/mol. The number of hydrogen-bond donors (Lipinski definition) is 1. The van der Waals surface area contributed by atoms with Crippen LogP contribution in [-0.2, 0) is 10.0 Å². The standard InChI is InChI=1S/C9H13NO3S/c1-7-6-8(11)4-5-9(7)14(12,13)10(2)3/h4-6,11H,1-3H3. The smallest absolute Gasteiger partial charge is 0.242 e. The number of rotatable bonds is 2. The molecule has 0 spiro atoms. The predicted octanol–water partition coefficient (Wildman–Crippen LogP) is 0.951. The van der Waals surface area contributed by atoms with E-state index >= 15 is 0 Å². The Kier molecular flexibility index (Phi) is 2.82. The summed E-state index contributed by atoms with van der Waals surface area (Å²) in [4.78, 5) is 0.223. The maximum absolute atomic E-state index is 11.7. The molecule has 0 bridgehead atoms. The molecule has 14 heavy (non-hydrogen) atoms. The fourth-order valence-electron chi connectivity index (χ4n) is 1.12. The van der Waals surface area contributed by atoms with Crippen LogP contribution in [0.25, 0.3) is 0 Å². The third kappa shape index (κ3) is 1.88. The van der Waals surface area contributed by atoms with Crippen molar-refractivity contribution in [1.29, 1.82) is 0 Å². The first-order chi connectivity index (χ1) is 6.35. The van der Waals surface area contributed by atoms with Crippen molar-refractivity contribution in [3.63, 3.8) is 0 Å². The summed E-state index contributed by atoms with van der Waals surface area (Å²) in [6.45, 7) is 1.65. The van der Waals surface area contributed by atoms with E-state index in [0.29, 0.717) is 5.56 Å². The molecule has 0 aliphatic carbocycles. The van der Waals surface area contributed by atoms with Gasteiger partial charge in [-0.2, -0.15) is 0 Å². The molecule has 1 N–H and O–H groups in total. The molecular formula is C9H13NO3S. The summed E-state index contributed by atoms with van der Waals surface area (Å²) in [5.74, 6) is 0.0696.